The third kappa shape index (κ3) is 6.49. The van der Waals surface area contributed by atoms with Gasteiger partial charge in [-0.2, -0.15) is 0 Å². The Morgan fingerprint density at radius 3 is 2.82 bits per heavy atom. The van der Waals surface area contributed by atoms with E-state index in [0.717, 1.165) is 30.6 Å². The Hall–Kier alpha value is -3.03. The van der Waals surface area contributed by atoms with Crippen LogP contribution >= 0.6 is 11.6 Å². The molecule has 1 atom stereocenters. The number of aromatic nitrogens is 1. The molecule has 2 aromatic carbocycles. The van der Waals surface area contributed by atoms with E-state index in [2.05, 4.69) is 10.3 Å². The molecule has 0 aliphatic carbocycles. The number of nitrogens with one attached hydrogen (secondary N) is 1. The number of rotatable bonds is 10. The maximum atomic E-state index is 12.3. The number of benzene rings is 2. The number of hydrogen-bond acceptors (Lipinski definition) is 6. The van der Waals surface area contributed by atoms with Gasteiger partial charge >= 0.3 is 0 Å². The smallest absolute Gasteiger partial charge is 0.220 e. The van der Waals surface area contributed by atoms with Crippen molar-refractivity contribution in [2.24, 2.45) is 0 Å². The number of oxazole rings is 1. The zero-order valence-electron chi connectivity index (χ0n) is 18.5. The molecular formula is C25H27ClN2O5. The number of halogens is 1. The molecule has 0 saturated carbocycles. The zero-order chi connectivity index (χ0) is 23.0. The van der Waals surface area contributed by atoms with Crippen molar-refractivity contribution in [1.82, 2.24) is 10.3 Å². The van der Waals surface area contributed by atoms with Crippen molar-refractivity contribution < 1.29 is 23.4 Å². The van der Waals surface area contributed by atoms with E-state index in [1.165, 1.54) is 0 Å². The SMILES string of the molecule is COc1cc(CNC(=O)CCc2ncc(-c3ccc(Cl)cc3)o2)ccc1OCC1CCCO1. The van der Waals surface area contributed by atoms with Gasteiger partial charge in [-0.25, -0.2) is 4.98 Å². The Kier molecular flexibility index (Phi) is 7.86. The summed E-state index contributed by atoms with van der Waals surface area (Å²) < 4.78 is 22.7. The highest BCUT2D eigenvalue weighted by atomic mass is 35.5. The second kappa shape index (κ2) is 11.2. The summed E-state index contributed by atoms with van der Waals surface area (Å²) in [6.07, 6.45) is 4.58. The molecule has 2 heterocycles. The summed E-state index contributed by atoms with van der Waals surface area (Å²) in [5, 5.41) is 3.58. The first-order valence-corrected chi connectivity index (χ1v) is 11.4. The highest BCUT2D eigenvalue weighted by Gasteiger charge is 2.17. The van der Waals surface area contributed by atoms with Gasteiger partial charge in [-0.15, -0.1) is 0 Å². The van der Waals surface area contributed by atoms with Crippen LogP contribution < -0.4 is 14.8 Å². The number of methoxy groups -OCH3 is 1. The van der Waals surface area contributed by atoms with Gasteiger partial charge in [-0.3, -0.25) is 4.79 Å². The van der Waals surface area contributed by atoms with Gasteiger partial charge in [0.2, 0.25) is 5.91 Å². The predicted molar refractivity (Wildman–Crippen MR) is 125 cm³/mol. The van der Waals surface area contributed by atoms with Gasteiger partial charge in [-0.1, -0.05) is 17.7 Å². The zero-order valence-corrected chi connectivity index (χ0v) is 19.3. The van der Waals surface area contributed by atoms with Crippen molar-refractivity contribution in [3.8, 4) is 22.8 Å². The lowest BCUT2D eigenvalue weighted by molar-refractivity contribution is -0.121. The number of ether oxygens (including phenoxy) is 3. The van der Waals surface area contributed by atoms with Gasteiger partial charge in [0.1, 0.15) is 6.61 Å². The van der Waals surface area contributed by atoms with Gasteiger partial charge < -0.3 is 23.9 Å². The Morgan fingerprint density at radius 2 is 2.06 bits per heavy atom. The van der Waals surface area contributed by atoms with Gasteiger partial charge in [0.15, 0.2) is 23.1 Å². The van der Waals surface area contributed by atoms with Crippen molar-refractivity contribution in [3.05, 3.63) is 65.1 Å². The minimum atomic E-state index is -0.0843. The number of nitrogens with zero attached hydrogens (tertiary/aromatic N) is 1. The summed E-state index contributed by atoms with van der Waals surface area (Å²) in [6, 6.07) is 13.0. The summed E-state index contributed by atoms with van der Waals surface area (Å²) >= 11 is 5.92. The molecule has 0 radical (unpaired) electrons. The van der Waals surface area contributed by atoms with E-state index >= 15 is 0 Å². The Balaban J connectivity index is 1.24. The lowest BCUT2D eigenvalue weighted by Gasteiger charge is -2.15. The largest absolute Gasteiger partial charge is 0.493 e. The van der Waals surface area contributed by atoms with Gasteiger partial charge in [-0.05, 0) is 54.8 Å². The molecule has 33 heavy (non-hydrogen) atoms. The molecule has 8 heteroatoms. The van der Waals surface area contributed by atoms with Gasteiger partial charge in [0.25, 0.3) is 0 Å². The molecule has 1 aromatic heterocycles. The number of hydrogen-bond donors (Lipinski definition) is 1. The fourth-order valence-corrected chi connectivity index (χ4v) is 3.71. The lowest BCUT2D eigenvalue weighted by atomic mass is 10.2. The first kappa shape index (κ1) is 23.1. The van der Waals surface area contributed by atoms with Crippen LogP contribution in [0, 0.1) is 0 Å². The van der Waals surface area contributed by atoms with Crippen LogP contribution in [0.1, 0.15) is 30.7 Å². The van der Waals surface area contributed by atoms with E-state index in [1.807, 2.05) is 30.3 Å². The van der Waals surface area contributed by atoms with Crippen LogP contribution in [0.2, 0.25) is 5.02 Å². The molecule has 1 aliphatic heterocycles. The molecule has 0 bridgehead atoms. The second-order valence-corrected chi connectivity index (χ2v) is 8.27. The number of carbonyl (C=O) groups excluding carboxylic acids is 1. The van der Waals surface area contributed by atoms with Crippen LogP contribution in [0.15, 0.2) is 53.1 Å². The molecule has 4 rings (SSSR count). The van der Waals surface area contributed by atoms with E-state index in [4.69, 9.17) is 30.2 Å². The van der Waals surface area contributed by atoms with Gasteiger partial charge in [0.05, 0.1) is 19.4 Å². The molecular weight excluding hydrogens is 444 g/mol. The molecule has 7 nitrogen and oxygen atoms in total. The molecule has 0 spiro atoms. The summed E-state index contributed by atoms with van der Waals surface area (Å²) in [5.74, 6) is 2.39. The van der Waals surface area contributed by atoms with Crippen LogP contribution in [0.25, 0.3) is 11.3 Å². The maximum absolute atomic E-state index is 12.3. The van der Waals surface area contributed by atoms with Crippen LogP contribution in [0.3, 0.4) is 0 Å². The summed E-state index contributed by atoms with van der Waals surface area (Å²) in [6.45, 7) is 1.69. The molecule has 1 unspecified atom stereocenters. The molecule has 1 aliphatic rings. The molecule has 1 saturated heterocycles. The van der Waals surface area contributed by atoms with E-state index in [-0.39, 0.29) is 18.4 Å². The van der Waals surface area contributed by atoms with E-state index in [1.54, 1.807) is 25.4 Å². The Morgan fingerprint density at radius 1 is 1.21 bits per heavy atom. The molecule has 1 fully saturated rings. The maximum Gasteiger partial charge on any atom is 0.220 e. The molecule has 174 valence electrons. The third-order valence-electron chi connectivity index (χ3n) is 5.41. The predicted octanol–water partition coefficient (Wildman–Crippen LogP) is 4.81. The van der Waals surface area contributed by atoms with Crippen LogP contribution in [0.5, 0.6) is 11.5 Å². The summed E-state index contributed by atoms with van der Waals surface area (Å²) in [4.78, 5) is 16.6. The summed E-state index contributed by atoms with van der Waals surface area (Å²) in [5.41, 5.74) is 1.81. The monoisotopic (exact) mass is 470 g/mol. The van der Waals surface area contributed by atoms with E-state index in [0.29, 0.717) is 47.7 Å². The topological polar surface area (TPSA) is 82.8 Å². The molecule has 3 aromatic rings. The van der Waals surface area contributed by atoms with Gasteiger partial charge in [0, 0.05) is 36.6 Å². The number of aryl methyl sites for hydroxylation is 1. The second-order valence-electron chi connectivity index (χ2n) is 7.83. The fraction of sp³-hybridized carbons (Fsp3) is 0.360. The number of amides is 1. The average Bonchev–Trinajstić information content (AvgIpc) is 3.53. The minimum Gasteiger partial charge on any atom is -0.493 e. The van der Waals surface area contributed by atoms with E-state index in [9.17, 15) is 4.79 Å². The highest BCUT2D eigenvalue weighted by molar-refractivity contribution is 6.30. The average molecular weight is 471 g/mol. The van der Waals surface area contributed by atoms with Crippen LogP contribution in [0.4, 0.5) is 0 Å². The Bertz CT molecular complexity index is 1060. The molecule has 1 amide bonds. The van der Waals surface area contributed by atoms with Crippen molar-refractivity contribution in [1.29, 1.82) is 0 Å². The van der Waals surface area contributed by atoms with E-state index < -0.39 is 0 Å². The molecule has 1 N–H and O–H groups in total. The van der Waals surface area contributed by atoms with Crippen molar-refractivity contribution >= 4 is 17.5 Å². The van der Waals surface area contributed by atoms with Crippen molar-refractivity contribution in [2.75, 3.05) is 20.3 Å². The third-order valence-corrected chi connectivity index (χ3v) is 5.67. The standard InChI is InChI=1S/C25H27ClN2O5/c1-30-22-13-17(4-9-21(22)32-16-20-3-2-12-31-20)14-27-24(29)10-11-25-28-15-23(33-25)18-5-7-19(26)8-6-18/h4-9,13,15,20H,2-3,10-12,14,16H2,1H3,(H,27,29). The lowest BCUT2D eigenvalue weighted by Crippen LogP contribution is -2.23. The normalized spacial score (nSPS) is 15.4. The first-order valence-electron chi connectivity index (χ1n) is 11.0. The number of carbonyl (C=O) groups is 1. The van der Waals surface area contributed by atoms with Crippen LogP contribution in [-0.2, 0) is 22.5 Å². The van der Waals surface area contributed by atoms with Crippen molar-refractivity contribution in [3.63, 3.8) is 0 Å². The quantitative estimate of drug-likeness (QED) is 0.458. The van der Waals surface area contributed by atoms with Crippen molar-refractivity contribution in [2.45, 2.75) is 38.3 Å². The highest BCUT2D eigenvalue weighted by Crippen LogP contribution is 2.29. The summed E-state index contributed by atoms with van der Waals surface area (Å²) in [7, 11) is 1.60. The minimum absolute atomic E-state index is 0.0843. The first-order chi connectivity index (χ1) is 16.1. The fourth-order valence-electron chi connectivity index (χ4n) is 3.58. The van der Waals surface area contributed by atoms with Crippen LogP contribution in [-0.4, -0.2) is 37.3 Å². The Labute approximate surface area is 198 Å².